The Hall–Kier alpha value is -0.590. The minimum atomic E-state index is -3.06. The highest BCUT2D eigenvalue weighted by Gasteiger charge is 2.33. The monoisotopic (exact) mass is 293 g/mol. The van der Waals surface area contributed by atoms with Gasteiger partial charge in [0.1, 0.15) is 0 Å². The van der Waals surface area contributed by atoms with E-state index in [4.69, 9.17) is 11.6 Å². The van der Waals surface area contributed by atoms with Crippen LogP contribution in [0, 0.1) is 0 Å². The van der Waals surface area contributed by atoms with E-state index in [1.807, 2.05) is 0 Å². The molecular formula is C10H12ClNO3S2. The molecule has 0 saturated carbocycles. The molecule has 1 unspecified atom stereocenters. The van der Waals surface area contributed by atoms with E-state index in [0.717, 1.165) is 0 Å². The molecule has 0 aliphatic carbocycles. The summed E-state index contributed by atoms with van der Waals surface area (Å²) in [6.45, 7) is 0.777. The number of hydrogen-bond donors (Lipinski definition) is 0. The van der Waals surface area contributed by atoms with Gasteiger partial charge in [0.2, 0.25) is 0 Å². The maximum absolute atomic E-state index is 12.0. The molecule has 1 aliphatic rings. The number of amides is 1. The maximum Gasteiger partial charge on any atom is 0.264 e. The summed E-state index contributed by atoms with van der Waals surface area (Å²) in [5, 5.41) is -0.429. The zero-order valence-corrected chi connectivity index (χ0v) is 11.6. The molecule has 0 spiro atoms. The second-order valence-corrected chi connectivity index (χ2v) is 8.14. The van der Waals surface area contributed by atoms with Crippen molar-refractivity contribution in [3.63, 3.8) is 0 Å². The third-order valence-electron chi connectivity index (χ3n) is 2.82. The third-order valence-corrected chi connectivity index (χ3v) is 5.64. The van der Waals surface area contributed by atoms with Crippen molar-refractivity contribution in [2.75, 3.05) is 19.3 Å². The minimum absolute atomic E-state index is 0.131. The first-order valence-corrected chi connectivity index (χ1v) is 8.26. The van der Waals surface area contributed by atoms with E-state index in [2.05, 4.69) is 0 Å². The summed E-state index contributed by atoms with van der Waals surface area (Å²) >= 11 is 6.98. The average Bonchev–Trinajstić information content (AvgIpc) is 2.83. The molecule has 1 amide bonds. The van der Waals surface area contributed by atoms with Crippen LogP contribution in [0.4, 0.5) is 0 Å². The Labute approximate surface area is 109 Å². The summed E-state index contributed by atoms with van der Waals surface area (Å²) in [6.07, 6.45) is 1.73. The third kappa shape index (κ3) is 2.81. The lowest BCUT2D eigenvalue weighted by Crippen LogP contribution is -2.31. The van der Waals surface area contributed by atoms with Crippen molar-refractivity contribution in [1.29, 1.82) is 0 Å². The Balaban J connectivity index is 2.09. The fraction of sp³-hybridized carbons (Fsp3) is 0.500. The number of hydrogen-bond acceptors (Lipinski definition) is 4. The van der Waals surface area contributed by atoms with Crippen molar-refractivity contribution in [2.45, 2.75) is 11.7 Å². The number of sulfone groups is 1. The Morgan fingerprint density at radius 3 is 2.71 bits per heavy atom. The predicted molar refractivity (Wildman–Crippen MR) is 68.5 cm³/mol. The van der Waals surface area contributed by atoms with Crippen molar-refractivity contribution in [3.8, 4) is 0 Å². The molecular weight excluding hydrogens is 282 g/mol. The summed E-state index contributed by atoms with van der Waals surface area (Å²) < 4.78 is 23.3. The molecule has 1 fully saturated rings. The molecule has 4 nitrogen and oxygen atoms in total. The first kappa shape index (κ1) is 12.9. The van der Waals surface area contributed by atoms with Gasteiger partial charge in [-0.25, -0.2) is 8.42 Å². The van der Waals surface area contributed by atoms with Crippen molar-refractivity contribution < 1.29 is 13.2 Å². The highest BCUT2D eigenvalue weighted by Crippen LogP contribution is 2.25. The zero-order valence-electron chi connectivity index (χ0n) is 9.22. The van der Waals surface area contributed by atoms with Crippen molar-refractivity contribution in [1.82, 2.24) is 4.90 Å². The topological polar surface area (TPSA) is 54.5 Å². The number of carbonyl (C=O) groups excluding carboxylic acids is 1. The summed E-state index contributed by atoms with van der Waals surface area (Å²) in [5.74, 6) is -0.131. The van der Waals surface area contributed by atoms with Crippen LogP contribution in [0.2, 0.25) is 4.34 Å². The van der Waals surface area contributed by atoms with Crippen LogP contribution < -0.4 is 0 Å². The van der Waals surface area contributed by atoms with Crippen LogP contribution in [0.5, 0.6) is 0 Å². The summed E-state index contributed by atoms with van der Waals surface area (Å²) in [4.78, 5) is 14.2. The lowest BCUT2D eigenvalue weighted by molar-refractivity contribution is 0.0798. The molecule has 2 heterocycles. The molecule has 1 atom stereocenters. The standard InChI is InChI=1S/C10H12ClNO3S2/c1-17(14,15)7-4-5-12(6-7)10(13)8-2-3-9(11)16-8/h2-3,7H,4-6H2,1H3. The van der Waals surface area contributed by atoms with Gasteiger partial charge >= 0.3 is 0 Å². The largest absolute Gasteiger partial charge is 0.337 e. The van der Waals surface area contributed by atoms with Crippen molar-refractivity contribution >= 4 is 38.7 Å². The molecule has 1 aliphatic heterocycles. The van der Waals surface area contributed by atoms with Crippen LogP contribution in [0.25, 0.3) is 0 Å². The first-order chi connectivity index (χ1) is 7.88. The fourth-order valence-corrected chi connectivity index (χ4v) is 3.84. The van der Waals surface area contributed by atoms with Gasteiger partial charge in [-0.2, -0.15) is 0 Å². The summed E-state index contributed by atoms with van der Waals surface area (Å²) in [5.41, 5.74) is 0. The van der Waals surface area contributed by atoms with Gasteiger partial charge in [-0.1, -0.05) is 11.6 Å². The minimum Gasteiger partial charge on any atom is -0.337 e. The zero-order chi connectivity index (χ0) is 12.6. The van der Waals surface area contributed by atoms with Crippen LogP contribution in [0.15, 0.2) is 12.1 Å². The number of likely N-dealkylation sites (tertiary alicyclic amines) is 1. The van der Waals surface area contributed by atoms with E-state index in [9.17, 15) is 13.2 Å². The molecule has 1 aromatic rings. The van der Waals surface area contributed by atoms with Crippen molar-refractivity contribution in [3.05, 3.63) is 21.3 Å². The molecule has 0 bridgehead atoms. The number of rotatable bonds is 2. The highest BCUT2D eigenvalue weighted by molar-refractivity contribution is 7.91. The van der Waals surface area contributed by atoms with E-state index < -0.39 is 15.1 Å². The van der Waals surface area contributed by atoms with Crippen LogP contribution in [0.3, 0.4) is 0 Å². The van der Waals surface area contributed by atoms with E-state index in [1.54, 1.807) is 17.0 Å². The number of halogens is 1. The second-order valence-electron chi connectivity index (χ2n) is 4.10. The van der Waals surface area contributed by atoms with Gasteiger partial charge in [-0.3, -0.25) is 4.79 Å². The number of carbonyl (C=O) groups is 1. The van der Waals surface area contributed by atoms with Crippen LogP contribution in [-0.4, -0.2) is 43.8 Å². The molecule has 2 rings (SSSR count). The maximum atomic E-state index is 12.0. The quantitative estimate of drug-likeness (QED) is 0.833. The van der Waals surface area contributed by atoms with E-state index in [-0.39, 0.29) is 12.5 Å². The van der Waals surface area contributed by atoms with Crippen LogP contribution in [-0.2, 0) is 9.84 Å². The lowest BCUT2D eigenvalue weighted by atomic mass is 10.4. The first-order valence-electron chi connectivity index (χ1n) is 5.11. The number of thiophene rings is 1. The molecule has 0 N–H and O–H groups in total. The Morgan fingerprint density at radius 1 is 1.53 bits per heavy atom. The van der Waals surface area contributed by atoms with Gasteiger partial charge in [0.15, 0.2) is 9.84 Å². The van der Waals surface area contributed by atoms with Crippen molar-refractivity contribution in [2.24, 2.45) is 0 Å². The van der Waals surface area contributed by atoms with Gasteiger partial charge in [-0.05, 0) is 18.6 Å². The molecule has 1 saturated heterocycles. The van der Waals surface area contributed by atoms with Gasteiger partial charge in [-0.15, -0.1) is 11.3 Å². The Kier molecular flexibility index (Phi) is 3.47. The van der Waals surface area contributed by atoms with Crippen LogP contribution >= 0.6 is 22.9 Å². The molecule has 1 aromatic heterocycles. The molecule has 7 heteroatoms. The fourth-order valence-electron chi connectivity index (χ4n) is 1.85. The lowest BCUT2D eigenvalue weighted by Gasteiger charge is -2.14. The summed E-state index contributed by atoms with van der Waals surface area (Å²) in [7, 11) is -3.06. The normalized spacial score (nSPS) is 20.8. The highest BCUT2D eigenvalue weighted by atomic mass is 35.5. The molecule has 0 aromatic carbocycles. The Morgan fingerprint density at radius 2 is 2.24 bits per heavy atom. The summed E-state index contributed by atoms with van der Waals surface area (Å²) in [6, 6.07) is 3.34. The SMILES string of the molecule is CS(=O)(=O)C1CCN(C(=O)c2ccc(Cl)s2)C1. The second kappa shape index (κ2) is 4.59. The Bertz CT molecular complexity index is 538. The van der Waals surface area contributed by atoms with E-state index >= 15 is 0 Å². The average molecular weight is 294 g/mol. The van der Waals surface area contributed by atoms with E-state index in [1.165, 1.54) is 17.6 Å². The van der Waals surface area contributed by atoms with E-state index in [0.29, 0.717) is 22.2 Å². The molecule has 0 radical (unpaired) electrons. The van der Waals surface area contributed by atoms with Crippen LogP contribution in [0.1, 0.15) is 16.1 Å². The smallest absolute Gasteiger partial charge is 0.264 e. The van der Waals surface area contributed by atoms with Gasteiger partial charge < -0.3 is 4.90 Å². The molecule has 17 heavy (non-hydrogen) atoms. The molecule has 94 valence electrons. The number of nitrogens with zero attached hydrogens (tertiary/aromatic N) is 1. The van der Waals surface area contributed by atoms with Gasteiger partial charge in [0.25, 0.3) is 5.91 Å². The predicted octanol–water partition coefficient (Wildman–Crippen LogP) is 1.66. The van der Waals surface area contributed by atoms with Gasteiger partial charge in [0, 0.05) is 19.3 Å². The van der Waals surface area contributed by atoms with Gasteiger partial charge in [0.05, 0.1) is 14.5 Å².